The van der Waals surface area contributed by atoms with E-state index < -0.39 is 41.1 Å². The summed E-state index contributed by atoms with van der Waals surface area (Å²) in [4.78, 5) is 47.4. The maximum absolute atomic E-state index is 14.3. The zero-order valence-electron chi connectivity index (χ0n) is 22.0. The summed E-state index contributed by atoms with van der Waals surface area (Å²) >= 11 is 0. The molecule has 1 unspecified atom stereocenters. The highest BCUT2D eigenvalue weighted by atomic mass is 16.6. The highest BCUT2D eigenvalue weighted by Crippen LogP contribution is 2.57. The van der Waals surface area contributed by atoms with Crippen LogP contribution in [0.1, 0.15) is 27.2 Å². The lowest BCUT2D eigenvalue weighted by Gasteiger charge is -2.41. The van der Waals surface area contributed by atoms with Gasteiger partial charge in [-0.15, -0.1) is 0 Å². The second kappa shape index (κ2) is 10.1. The van der Waals surface area contributed by atoms with Crippen molar-refractivity contribution in [3.8, 4) is 0 Å². The molecule has 3 fully saturated rings. The molecule has 5 aliphatic heterocycles. The fraction of sp³-hybridized carbons (Fsp3) is 0.741. The van der Waals surface area contributed by atoms with Crippen molar-refractivity contribution < 1.29 is 33.7 Å². The molecule has 0 radical (unpaired) electrons. The maximum Gasteiger partial charge on any atom is 0.313 e. The number of hydrogen-bond acceptors (Lipinski definition) is 8. The molecule has 0 aliphatic carbocycles. The number of aliphatic hydroxyl groups is 1. The number of carbonyl (C=O) groups excluding carboxylic acids is 3. The van der Waals surface area contributed by atoms with Crippen molar-refractivity contribution in [3.63, 3.8) is 0 Å². The number of fused-ring (bicyclic) bond motifs is 2. The molecule has 5 aliphatic rings. The largest absolute Gasteiger partial charge is 0.461 e. The van der Waals surface area contributed by atoms with Gasteiger partial charge in [-0.1, -0.05) is 38.5 Å². The number of rotatable bonds is 7. The molecule has 1 spiro atoms. The van der Waals surface area contributed by atoms with E-state index in [0.717, 1.165) is 19.5 Å². The van der Waals surface area contributed by atoms with Crippen LogP contribution >= 0.6 is 0 Å². The number of carbonyl (C=O) groups is 3. The molecular weight excluding hydrogens is 478 g/mol. The minimum absolute atomic E-state index is 0.0565. The van der Waals surface area contributed by atoms with Crippen LogP contribution in [0.15, 0.2) is 24.3 Å². The van der Waals surface area contributed by atoms with Gasteiger partial charge in [-0.25, -0.2) is 0 Å². The topological polar surface area (TPSA) is 109 Å². The third kappa shape index (κ3) is 4.22. The molecule has 204 valence electrons. The summed E-state index contributed by atoms with van der Waals surface area (Å²) in [6.45, 7) is 10.2. The third-order valence-corrected chi connectivity index (χ3v) is 8.97. The summed E-state index contributed by atoms with van der Waals surface area (Å²) in [5.41, 5.74) is -2.42. The molecule has 1 N–H and O–H groups in total. The van der Waals surface area contributed by atoms with E-state index in [1.54, 1.807) is 28.9 Å². The van der Waals surface area contributed by atoms with Crippen molar-refractivity contribution in [2.75, 3.05) is 59.2 Å². The van der Waals surface area contributed by atoms with E-state index in [1.807, 2.05) is 26.0 Å². The summed E-state index contributed by atoms with van der Waals surface area (Å²) in [7, 11) is 0. The van der Waals surface area contributed by atoms with Gasteiger partial charge in [-0.3, -0.25) is 19.3 Å². The van der Waals surface area contributed by atoms with Crippen molar-refractivity contribution in [1.29, 1.82) is 0 Å². The molecule has 0 aromatic heterocycles. The first-order chi connectivity index (χ1) is 17.8. The number of ether oxygens (including phenoxy) is 3. The van der Waals surface area contributed by atoms with Crippen LogP contribution in [-0.4, -0.2) is 120 Å². The average molecular weight is 518 g/mol. The van der Waals surface area contributed by atoms with Gasteiger partial charge in [0.2, 0.25) is 11.8 Å². The zero-order chi connectivity index (χ0) is 26.4. The second-order valence-corrected chi connectivity index (χ2v) is 11.1. The van der Waals surface area contributed by atoms with E-state index in [-0.39, 0.29) is 30.9 Å². The first-order valence-corrected chi connectivity index (χ1v) is 13.5. The van der Waals surface area contributed by atoms with Gasteiger partial charge < -0.3 is 29.1 Å². The summed E-state index contributed by atoms with van der Waals surface area (Å²) in [6, 6.07) is -1.56. The molecule has 5 rings (SSSR count). The van der Waals surface area contributed by atoms with Crippen LogP contribution in [0.25, 0.3) is 0 Å². The van der Waals surface area contributed by atoms with E-state index in [1.165, 1.54) is 0 Å². The number of esters is 1. The Labute approximate surface area is 218 Å². The number of hydrogen-bond donors (Lipinski definition) is 1. The first-order valence-electron chi connectivity index (χ1n) is 13.5. The van der Waals surface area contributed by atoms with Crippen molar-refractivity contribution in [2.24, 2.45) is 17.8 Å². The second-order valence-electron chi connectivity index (χ2n) is 11.1. The van der Waals surface area contributed by atoms with Gasteiger partial charge in [0.25, 0.3) is 0 Å². The molecule has 10 nitrogen and oxygen atoms in total. The maximum atomic E-state index is 14.3. The van der Waals surface area contributed by atoms with Gasteiger partial charge in [0.15, 0.2) is 0 Å². The Morgan fingerprint density at radius 3 is 2.54 bits per heavy atom. The van der Waals surface area contributed by atoms with E-state index in [0.29, 0.717) is 32.8 Å². The van der Waals surface area contributed by atoms with Crippen molar-refractivity contribution in [3.05, 3.63) is 24.3 Å². The van der Waals surface area contributed by atoms with E-state index >= 15 is 0 Å². The Morgan fingerprint density at radius 1 is 1.08 bits per heavy atom. The van der Waals surface area contributed by atoms with Gasteiger partial charge in [-0.2, -0.15) is 0 Å². The Hall–Kier alpha value is -2.27. The molecule has 0 aromatic rings. The number of aliphatic hydroxyl groups excluding tert-OH is 1. The Morgan fingerprint density at radius 2 is 1.84 bits per heavy atom. The van der Waals surface area contributed by atoms with Crippen LogP contribution in [-0.2, 0) is 28.6 Å². The summed E-state index contributed by atoms with van der Waals surface area (Å²) in [5, 5.41) is 10.4. The molecule has 10 heteroatoms. The lowest BCUT2D eigenvalue weighted by Crippen LogP contribution is -2.60. The molecule has 3 saturated heterocycles. The summed E-state index contributed by atoms with van der Waals surface area (Å²) < 4.78 is 17.6. The van der Waals surface area contributed by atoms with Gasteiger partial charge >= 0.3 is 5.97 Å². The van der Waals surface area contributed by atoms with Crippen molar-refractivity contribution in [2.45, 2.75) is 50.5 Å². The monoisotopic (exact) mass is 517 g/mol. The van der Waals surface area contributed by atoms with Crippen LogP contribution in [0.2, 0.25) is 0 Å². The highest BCUT2D eigenvalue weighted by Gasteiger charge is 2.75. The zero-order valence-corrected chi connectivity index (χ0v) is 22.0. The SMILES string of the molecule is CC[C@H](C)[C@H](CO)N1C(=O)[C@@H]2[C@@H]3C(=O)OCC=C[C@]3(C)O[C@@]23C=CCN(CCN2CCOCC2)C(=O)C13. The normalized spacial score (nSPS) is 37.5. The standard InChI is InChI=1S/C27H39N3O7/c1-4-18(2)19(17-31)30-22-24(33)29(11-10-28-12-15-35-16-13-28)9-5-8-27(22)20(23(30)32)21-25(34)36-14-6-7-26(21,3)37-27/h5-8,18-22,31H,4,9-17H2,1-3H3/t18-,19-,20-,21+,22?,26-,27-/m0/s1. The molecule has 7 atom stereocenters. The molecule has 0 saturated carbocycles. The number of cyclic esters (lactones) is 1. The van der Waals surface area contributed by atoms with Crippen LogP contribution in [0.4, 0.5) is 0 Å². The van der Waals surface area contributed by atoms with Crippen molar-refractivity contribution in [1.82, 2.24) is 14.7 Å². The van der Waals surface area contributed by atoms with E-state index in [4.69, 9.17) is 14.2 Å². The average Bonchev–Trinajstić information content (AvgIpc) is 3.15. The molecule has 0 bridgehead atoms. The fourth-order valence-electron chi connectivity index (χ4n) is 6.80. The molecular formula is C27H39N3O7. The Bertz CT molecular complexity index is 979. The highest BCUT2D eigenvalue weighted by molar-refractivity contribution is 5.99. The summed E-state index contributed by atoms with van der Waals surface area (Å²) in [5.74, 6) is -2.91. The number of morpholine rings is 1. The predicted molar refractivity (Wildman–Crippen MR) is 133 cm³/mol. The molecule has 37 heavy (non-hydrogen) atoms. The lowest BCUT2D eigenvalue weighted by molar-refractivity contribution is -0.160. The number of nitrogens with zero attached hydrogens (tertiary/aromatic N) is 3. The van der Waals surface area contributed by atoms with Crippen LogP contribution in [0.3, 0.4) is 0 Å². The van der Waals surface area contributed by atoms with Gasteiger partial charge in [0, 0.05) is 32.7 Å². The fourth-order valence-corrected chi connectivity index (χ4v) is 6.80. The quantitative estimate of drug-likeness (QED) is 0.377. The molecule has 2 amide bonds. The van der Waals surface area contributed by atoms with Crippen LogP contribution < -0.4 is 0 Å². The minimum atomic E-state index is -1.33. The third-order valence-electron chi connectivity index (χ3n) is 8.97. The molecule has 5 heterocycles. The first kappa shape index (κ1) is 26.3. The van der Waals surface area contributed by atoms with Crippen LogP contribution in [0, 0.1) is 17.8 Å². The minimum Gasteiger partial charge on any atom is -0.461 e. The van der Waals surface area contributed by atoms with E-state index in [2.05, 4.69) is 4.90 Å². The van der Waals surface area contributed by atoms with Crippen LogP contribution in [0.5, 0.6) is 0 Å². The van der Waals surface area contributed by atoms with Gasteiger partial charge in [0.05, 0.1) is 37.4 Å². The number of likely N-dealkylation sites (tertiary alicyclic amines) is 1. The Balaban J connectivity index is 1.55. The summed E-state index contributed by atoms with van der Waals surface area (Å²) in [6.07, 6.45) is 7.97. The number of amides is 2. The van der Waals surface area contributed by atoms with E-state index in [9.17, 15) is 19.5 Å². The predicted octanol–water partition coefficient (Wildman–Crippen LogP) is 0.208. The smallest absolute Gasteiger partial charge is 0.313 e. The van der Waals surface area contributed by atoms with Crippen molar-refractivity contribution >= 4 is 17.8 Å². The van der Waals surface area contributed by atoms with Gasteiger partial charge in [-0.05, 0) is 18.9 Å². The van der Waals surface area contributed by atoms with Gasteiger partial charge in [0.1, 0.15) is 24.2 Å². The Kier molecular flexibility index (Phi) is 7.21. The lowest BCUT2D eigenvalue weighted by atomic mass is 9.75. The molecule has 0 aromatic carbocycles.